The third-order valence-electron chi connectivity index (χ3n) is 2.01. The van der Waals surface area contributed by atoms with Crippen LogP contribution in [0.1, 0.15) is 0 Å². The van der Waals surface area contributed by atoms with Gasteiger partial charge in [0.25, 0.3) is 11.5 Å². The van der Waals surface area contributed by atoms with Gasteiger partial charge in [0.2, 0.25) is 0 Å². The van der Waals surface area contributed by atoms with Gasteiger partial charge in [-0.05, 0) is 17.0 Å². The van der Waals surface area contributed by atoms with E-state index in [0.29, 0.717) is 5.52 Å². The van der Waals surface area contributed by atoms with Gasteiger partial charge in [0.15, 0.2) is 9.84 Å². The van der Waals surface area contributed by atoms with Gasteiger partial charge in [0, 0.05) is 12.3 Å². The highest BCUT2D eigenvalue weighted by molar-refractivity contribution is 7.90. The predicted molar refractivity (Wildman–Crippen MR) is 56.0 cm³/mol. The Labute approximate surface area is 91.0 Å². The fourth-order valence-corrected chi connectivity index (χ4v) is 1.92. The van der Waals surface area contributed by atoms with E-state index in [1.165, 1.54) is 18.2 Å². The number of benzene rings is 1. The molecule has 0 spiro atoms. The Bertz CT molecular complexity index is 668. The molecule has 1 heterocycles. The van der Waals surface area contributed by atoms with Gasteiger partial charge in [-0.15, -0.1) is 0 Å². The van der Waals surface area contributed by atoms with Crippen molar-refractivity contribution in [1.29, 1.82) is 0 Å². The van der Waals surface area contributed by atoms with E-state index < -0.39 is 9.84 Å². The van der Waals surface area contributed by atoms with E-state index in [0.717, 1.165) is 6.26 Å². The summed E-state index contributed by atoms with van der Waals surface area (Å²) in [6.45, 7) is 0. The van der Waals surface area contributed by atoms with Crippen LogP contribution in [-0.2, 0) is 9.84 Å². The molecular formula is C8H8N4O3S. The highest BCUT2D eigenvalue weighted by Crippen LogP contribution is 2.14. The number of sulfone groups is 1. The summed E-state index contributed by atoms with van der Waals surface area (Å²) in [6.07, 6.45) is 1.06. The Hall–Kier alpha value is -1.96. The summed E-state index contributed by atoms with van der Waals surface area (Å²) < 4.78 is 22.6. The van der Waals surface area contributed by atoms with Crippen molar-refractivity contribution in [2.24, 2.45) is 0 Å². The summed E-state index contributed by atoms with van der Waals surface area (Å²) in [7, 11) is -3.36. The molecule has 8 heteroatoms. The van der Waals surface area contributed by atoms with Gasteiger partial charge in [0.1, 0.15) is 5.52 Å². The molecule has 0 aliphatic rings. The Morgan fingerprint density at radius 3 is 2.75 bits per heavy atom. The molecule has 0 bridgehead atoms. The van der Waals surface area contributed by atoms with Gasteiger partial charge in [-0.3, -0.25) is 0 Å². The molecule has 0 saturated carbocycles. The maximum absolute atomic E-state index is 11.4. The lowest BCUT2D eigenvalue weighted by Gasteiger charge is -2.01. The van der Waals surface area contributed by atoms with E-state index in [1.54, 1.807) is 0 Å². The standard InChI is InChI=1S/C8H8N4O3S/c1-16(14,15)5-2-3-6-7(4-5)12(13)11-8(9)10-6/h2-4H,1H3,(H2,9,10,11). The minimum atomic E-state index is -3.36. The van der Waals surface area contributed by atoms with E-state index in [9.17, 15) is 13.6 Å². The molecule has 0 atom stereocenters. The number of nitrogen functional groups attached to an aromatic ring is 1. The third-order valence-corrected chi connectivity index (χ3v) is 3.12. The average Bonchev–Trinajstić information content (AvgIpc) is 2.15. The van der Waals surface area contributed by atoms with Crippen molar-refractivity contribution in [3.8, 4) is 0 Å². The summed E-state index contributed by atoms with van der Waals surface area (Å²) in [6, 6.07) is 4.00. The van der Waals surface area contributed by atoms with Crippen molar-refractivity contribution < 1.29 is 13.3 Å². The van der Waals surface area contributed by atoms with E-state index in [2.05, 4.69) is 10.1 Å². The largest absolute Gasteiger partial charge is 0.594 e. The van der Waals surface area contributed by atoms with Crippen LogP contribution in [0.4, 0.5) is 5.95 Å². The topological polar surface area (TPSA) is 113 Å². The lowest BCUT2D eigenvalue weighted by atomic mass is 10.3. The number of anilines is 1. The van der Waals surface area contributed by atoms with Crippen molar-refractivity contribution in [2.75, 3.05) is 12.0 Å². The maximum Gasteiger partial charge on any atom is 0.288 e. The van der Waals surface area contributed by atoms with E-state index in [4.69, 9.17) is 5.73 Å². The lowest BCUT2D eigenvalue weighted by Crippen LogP contribution is -2.33. The second-order valence-electron chi connectivity index (χ2n) is 3.27. The van der Waals surface area contributed by atoms with Gasteiger partial charge in [-0.2, -0.15) is 0 Å². The number of nitrogens with zero attached hydrogens (tertiary/aromatic N) is 3. The number of hydrogen-bond acceptors (Lipinski definition) is 6. The van der Waals surface area contributed by atoms with Crippen molar-refractivity contribution in [1.82, 2.24) is 10.1 Å². The minimum Gasteiger partial charge on any atom is -0.594 e. The molecule has 2 rings (SSSR count). The first-order valence-electron chi connectivity index (χ1n) is 4.25. The van der Waals surface area contributed by atoms with E-state index in [-0.39, 0.29) is 21.2 Å². The summed E-state index contributed by atoms with van der Waals surface area (Å²) in [5.41, 5.74) is 5.65. The molecule has 2 aromatic rings. The number of fused-ring (bicyclic) bond motifs is 1. The van der Waals surface area contributed by atoms with Crippen molar-refractivity contribution in [2.45, 2.75) is 4.90 Å². The van der Waals surface area contributed by atoms with Crippen molar-refractivity contribution in [3.63, 3.8) is 0 Å². The Kier molecular flexibility index (Phi) is 2.16. The molecule has 0 saturated heterocycles. The van der Waals surface area contributed by atoms with Crippen molar-refractivity contribution in [3.05, 3.63) is 23.4 Å². The van der Waals surface area contributed by atoms with Crippen LogP contribution in [0.15, 0.2) is 23.1 Å². The molecule has 0 aliphatic carbocycles. The van der Waals surface area contributed by atoms with E-state index in [1.807, 2.05) is 0 Å². The molecular weight excluding hydrogens is 232 g/mol. The zero-order chi connectivity index (χ0) is 11.9. The summed E-state index contributed by atoms with van der Waals surface area (Å²) in [5.74, 6) is -0.158. The number of hydrogen-bond donors (Lipinski definition) is 1. The molecule has 7 nitrogen and oxygen atoms in total. The fraction of sp³-hybridized carbons (Fsp3) is 0.125. The van der Waals surface area contributed by atoms with Crippen LogP contribution in [0.5, 0.6) is 0 Å². The third kappa shape index (κ3) is 1.74. The van der Waals surface area contributed by atoms with Gasteiger partial charge >= 0.3 is 0 Å². The van der Waals surface area contributed by atoms with E-state index >= 15 is 0 Å². The molecule has 1 aromatic carbocycles. The van der Waals surface area contributed by atoms with Crippen LogP contribution >= 0.6 is 0 Å². The molecule has 2 N–H and O–H groups in total. The summed E-state index contributed by atoms with van der Waals surface area (Å²) in [5, 5.41) is 14.7. The molecule has 1 aromatic heterocycles. The molecule has 0 unspecified atom stereocenters. The summed E-state index contributed by atoms with van der Waals surface area (Å²) >= 11 is 0. The van der Waals surface area contributed by atoms with Gasteiger partial charge in [-0.1, -0.05) is 0 Å². The van der Waals surface area contributed by atoms with Gasteiger partial charge in [0.05, 0.1) is 9.99 Å². The van der Waals surface area contributed by atoms with Crippen LogP contribution < -0.4 is 10.6 Å². The Morgan fingerprint density at radius 2 is 2.12 bits per heavy atom. The van der Waals surface area contributed by atoms with Crippen LogP contribution in [0.2, 0.25) is 0 Å². The quantitative estimate of drug-likeness (QED) is 0.518. The monoisotopic (exact) mass is 240 g/mol. The lowest BCUT2D eigenvalue weighted by molar-refractivity contribution is -0.641. The van der Waals surface area contributed by atoms with Gasteiger partial charge in [-0.25, -0.2) is 13.4 Å². The van der Waals surface area contributed by atoms with Crippen molar-refractivity contribution >= 4 is 26.8 Å². The maximum atomic E-state index is 11.4. The Morgan fingerprint density at radius 1 is 1.44 bits per heavy atom. The van der Waals surface area contributed by atoms with Crippen LogP contribution in [0, 0.1) is 5.21 Å². The summed E-state index contributed by atoms with van der Waals surface area (Å²) in [4.78, 5) is 4.11. The SMILES string of the molecule is CS(=O)(=O)c1ccc2nc(N)n[n+]([O-])c2c1. The van der Waals surface area contributed by atoms with Crippen LogP contribution in [-0.4, -0.2) is 24.8 Å². The molecule has 0 fully saturated rings. The smallest absolute Gasteiger partial charge is 0.288 e. The first-order valence-corrected chi connectivity index (χ1v) is 6.14. The fourth-order valence-electron chi connectivity index (χ4n) is 1.27. The average molecular weight is 240 g/mol. The zero-order valence-corrected chi connectivity index (χ0v) is 9.10. The molecule has 0 radical (unpaired) electrons. The van der Waals surface area contributed by atoms with Gasteiger partial charge < -0.3 is 10.9 Å². The molecule has 0 aliphatic heterocycles. The number of nitrogens with two attached hydrogens (primary N) is 1. The Balaban J connectivity index is 2.82. The first-order chi connectivity index (χ1) is 7.38. The molecule has 84 valence electrons. The highest BCUT2D eigenvalue weighted by atomic mass is 32.2. The predicted octanol–water partition coefficient (Wildman–Crippen LogP) is -0.751. The first kappa shape index (κ1) is 10.6. The van der Waals surface area contributed by atoms with Crippen LogP contribution in [0.25, 0.3) is 11.0 Å². The second-order valence-corrected chi connectivity index (χ2v) is 5.28. The molecule has 0 amide bonds. The normalized spacial score (nSPS) is 11.8. The second kappa shape index (κ2) is 3.27. The molecule has 16 heavy (non-hydrogen) atoms. The zero-order valence-electron chi connectivity index (χ0n) is 8.28. The minimum absolute atomic E-state index is 0.0398. The number of rotatable bonds is 1. The van der Waals surface area contributed by atoms with Crippen LogP contribution in [0.3, 0.4) is 0 Å². The highest BCUT2D eigenvalue weighted by Gasteiger charge is 2.14. The number of aromatic nitrogens is 3.